The summed E-state index contributed by atoms with van der Waals surface area (Å²) >= 11 is 3.36. The number of benzene rings is 1. The predicted octanol–water partition coefficient (Wildman–Crippen LogP) is 4.48. The second-order valence-electron chi connectivity index (χ2n) is 7.22. The van der Waals surface area contributed by atoms with Crippen LogP contribution in [0, 0.1) is 0 Å². The first-order valence-corrected chi connectivity index (χ1v) is 13.2. The molecule has 1 amide bonds. The van der Waals surface area contributed by atoms with E-state index in [1.54, 1.807) is 34.8 Å². The summed E-state index contributed by atoms with van der Waals surface area (Å²) < 4.78 is 27.7. The van der Waals surface area contributed by atoms with Crippen LogP contribution in [0.3, 0.4) is 0 Å². The van der Waals surface area contributed by atoms with Crippen LogP contribution in [0.15, 0.2) is 58.1 Å². The second kappa shape index (κ2) is 9.01. The van der Waals surface area contributed by atoms with Gasteiger partial charge in [-0.15, -0.1) is 22.7 Å². The molecule has 2 aromatic heterocycles. The van der Waals surface area contributed by atoms with Crippen LogP contribution in [-0.2, 0) is 22.9 Å². The van der Waals surface area contributed by atoms with Crippen molar-refractivity contribution >= 4 is 38.6 Å². The quantitative estimate of drug-likeness (QED) is 0.565. The van der Waals surface area contributed by atoms with E-state index < -0.39 is 10.0 Å². The van der Waals surface area contributed by atoms with Crippen molar-refractivity contribution in [3.8, 4) is 0 Å². The van der Waals surface area contributed by atoms with Crippen molar-refractivity contribution in [2.24, 2.45) is 0 Å². The fourth-order valence-electron chi connectivity index (χ4n) is 3.87. The number of carbonyl (C=O) groups excluding carboxylic acids is 1. The van der Waals surface area contributed by atoms with Crippen LogP contribution >= 0.6 is 22.7 Å². The van der Waals surface area contributed by atoms with Crippen molar-refractivity contribution in [3.63, 3.8) is 0 Å². The molecule has 3 heterocycles. The van der Waals surface area contributed by atoms with Gasteiger partial charge in [0.25, 0.3) is 5.91 Å². The third kappa shape index (κ3) is 4.37. The lowest BCUT2D eigenvalue weighted by Crippen LogP contribution is -2.39. The lowest BCUT2D eigenvalue weighted by molar-refractivity contribution is 0.0657. The maximum absolute atomic E-state index is 13.1. The van der Waals surface area contributed by atoms with Gasteiger partial charge in [0.15, 0.2) is 0 Å². The van der Waals surface area contributed by atoms with Gasteiger partial charge in [-0.05, 0) is 72.0 Å². The van der Waals surface area contributed by atoms with Crippen molar-refractivity contribution in [1.29, 1.82) is 0 Å². The SMILES string of the molecule is CCC1c2ccsc2CCN1C(=O)c1ccc(S(=O)(=O)NCCc2cccs2)cc1. The largest absolute Gasteiger partial charge is 0.331 e. The van der Waals surface area contributed by atoms with Gasteiger partial charge in [-0.3, -0.25) is 4.79 Å². The Labute approximate surface area is 185 Å². The number of nitrogens with one attached hydrogen (secondary N) is 1. The Balaban J connectivity index is 1.44. The smallest absolute Gasteiger partial charge is 0.254 e. The van der Waals surface area contributed by atoms with Crippen molar-refractivity contribution < 1.29 is 13.2 Å². The summed E-state index contributed by atoms with van der Waals surface area (Å²) in [5.74, 6) is -0.0479. The fraction of sp³-hybridized carbons (Fsp3) is 0.318. The van der Waals surface area contributed by atoms with Gasteiger partial charge in [0.1, 0.15) is 0 Å². The number of nitrogens with zero attached hydrogens (tertiary/aromatic N) is 1. The molecule has 8 heteroatoms. The number of sulfonamides is 1. The summed E-state index contributed by atoms with van der Waals surface area (Å²) in [6, 6.07) is 12.4. The number of carbonyl (C=O) groups is 1. The molecule has 0 spiro atoms. The maximum Gasteiger partial charge on any atom is 0.254 e. The van der Waals surface area contributed by atoms with E-state index in [0.717, 1.165) is 17.7 Å². The first kappa shape index (κ1) is 21.2. The summed E-state index contributed by atoms with van der Waals surface area (Å²) in [6.45, 7) is 3.13. The predicted molar refractivity (Wildman–Crippen MR) is 122 cm³/mol. The van der Waals surface area contributed by atoms with E-state index >= 15 is 0 Å². The lowest BCUT2D eigenvalue weighted by Gasteiger charge is -2.35. The topological polar surface area (TPSA) is 66.5 Å². The highest BCUT2D eigenvalue weighted by molar-refractivity contribution is 7.89. The van der Waals surface area contributed by atoms with Gasteiger partial charge in [0.2, 0.25) is 10.0 Å². The third-order valence-corrected chi connectivity index (χ3v) is 8.81. The van der Waals surface area contributed by atoms with Gasteiger partial charge in [-0.25, -0.2) is 13.1 Å². The minimum Gasteiger partial charge on any atom is -0.331 e. The number of hydrogen-bond donors (Lipinski definition) is 1. The molecule has 1 aromatic carbocycles. The molecule has 30 heavy (non-hydrogen) atoms. The average Bonchev–Trinajstić information content (AvgIpc) is 3.44. The second-order valence-corrected chi connectivity index (χ2v) is 11.0. The monoisotopic (exact) mass is 460 g/mol. The van der Waals surface area contributed by atoms with Crippen LogP contribution in [-0.4, -0.2) is 32.3 Å². The van der Waals surface area contributed by atoms with E-state index in [0.29, 0.717) is 25.1 Å². The molecule has 1 N–H and O–H groups in total. The highest BCUT2D eigenvalue weighted by Crippen LogP contribution is 2.36. The molecular weight excluding hydrogens is 436 g/mol. The number of hydrogen-bond acceptors (Lipinski definition) is 5. The molecule has 1 atom stereocenters. The molecule has 4 rings (SSSR count). The Morgan fingerprint density at radius 3 is 2.63 bits per heavy atom. The summed E-state index contributed by atoms with van der Waals surface area (Å²) in [4.78, 5) is 17.7. The average molecular weight is 461 g/mol. The van der Waals surface area contributed by atoms with Gasteiger partial charge < -0.3 is 4.90 Å². The Morgan fingerprint density at radius 1 is 1.13 bits per heavy atom. The Morgan fingerprint density at radius 2 is 1.93 bits per heavy atom. The molecule has 0 aliphatic carbocycles. The molecule has 0 radical (unpaired) electrons. The van der Waals surface area contributed by atoms with Crippen LogP contribution in [0.5, 0.6) is 0 Å². The Hall–Kier alpha value is -2.00. The molecule has 1 unspecified atom stereocenters. The van der Waals surface area contributed by atoms with Gasteiger partial charge in [-0.2, -0.15) is 0 Å². The molecule has 1 aliphatic rings. The van der Waals surface area contributed by atoms with Crippen molar-refractivity contribution in [3.05, 3.63) is 74.1 Å². The first-order valence-electron chi connectivity index (χ1n) is 9.99. The van der Waals surface area contributed by atoms with Crippen molar-refractivity contribution in [2.75, 3.05) is 13.1 Å². The third-order valence-electron chi connectivity index (χ3n) is 5.40. The summed E-state index contributed by atoms with van der Waals surface area (Å²) in [5, 5.41) is 4.07. The number of amides is 1. The van der Waals surface area contributed by atoms with Crippen LogP contribution in [0.4, 0.5) is 0 Å². The number of thiophene rings is 2. The first-order chi connectivity index (χ1) is 14.5. The van der Waals surface area contributed by atoms with Crippen LogP contribution in [0.25, 0.3) is 0 Å². The molecule has 1 aliphatic heterocycles. The summed E-state index contributed by atoms with van der Waals surface area (Å²) in [7, 11) is -3.60. The van der Waals surface area contributed by atoms with Gasteiger partial charge in [0, 0.05) is 28.4 Å². The van der Waals surface area contributed by atoms with Crippen molar-refractivity contribution in [1.82, 2.24) is 9.62 Å². The molecule has 5 nitrogen and oxygen atoms in total. The van der Waals surface area contributed by atoms with E-state index in [2.05, 4.69) is 23.1 Å². The van der Waals surface area contributed by atoms with E-state index in [1.165, 1.54) is 22.6 Å². The summed E-state index contributed by atoms with van der Waals surface area (Å²) in [6.07, 6.45) is 2.39. The van der Waals surface area contributed by atoms with Crippen LogP contribution in [0.1, 0.15) is 45.1 Å². The Kier molecular flexibility index (Phi) is 6.38. The van der Waals surface area contributed by atoms with Gasteiger partial charge in [0.05, 0.1) is 10.9 Å². The lowest BCUT2D eigenvalue weighted by atomic mass is 9.97. The van der Waals surface area contributed by atoms with Crippen LogP contribution < -0.4 is 4.72 Å². The molecule has 0 fully saturated rings. The van der Waals surface area contributed by atoms with E-state index in [9.17, 15) is 13.2 Å². The molecule has 3 aromatic rings. The fourth-order valence-corrected chi connectivity index (χ4v) is 6.54. The van der Waals surface area contributed by atoms with Gasteiger partial charge in [-0.1, -0.05) is 13.0 Å². The van der Waals surface area contributed by atoms with Crippen molar-refractivity contribution in [2.45, 2.75) is 37.1 Å². The van der Waals surface area contributed by atoms with Crippen LogP contribution in [0.2, 0.25) is 0 Å². The van der Waals surface area contributed by atoms with E-state index in [4.69, 9.17) is 0 Å². The molecule has 0 saturated carbocycles. The molecule has 0 saturated heterocycles. The number of rotatable bonds is 7. The number of fused-ring (bicyclic) bond motifs is 1. The van der Waals surface area contributed by atoms with E-state index in [1.807, 2.05) is 22.4 Å². The van der Waals surface area contributed by atoms with Gasteiger partial charge >= 0.3 is 0 Å². The molecule has 0 bridgehead atoms. The minimum atomic E-state index is -3.60. The normalized spacial score (nSPS) is 16.4. The highest BCUT2D eigenvalue weighted by atomic mass is 32.2. The maximum atomic E-state index is 13.1. The zero-order valence-electron chi connectivity index (χ0n) is 16.7. The highest BCUT2D eigenvalue weighted by Gasteiger charge is 2.31. The Bertz CT molecular complexity index is 1100. The minimum absolute atomic E-state index is 0.0479. The molecular formula is C22H24N2O3S3. The standard InChI is InChI=1S/C22H24N2O3S3/c1-2-20-19-11-15-29-21(19)10-13-24(20)22(25)16-5-7-18(8-6-16)30(26,27)23-12-9-17-4-3-14-28-17/h3-8,11,14-15,20,23H,2,9-10,12-13H2,1H3. The summed E-state index contributed by atoms with van der Waals surface area (Å²) in [5.41, 5.74) is 1.76. The zero-order valence-corrected chi connectivity index (χ0v) is 19.2. The van der Waals surface area contributed by atoms with E-state index in [-0.39, 0.29) is 16.8 Å². The molecule has 158 valence electrons. The zero-order chi connectivity index (χ0) is 21.1.